The maximum absolute atomic E-state index is 10.6. The van der Waals surface area contributed by atoms with Crippen LogP contribution in [0.4, 0.5) is 5.69 Å². The van der Waals surface area contributed by atoms with E-state index in [1.165, 1.54) is 6.07 Å². The van der Waals surface area contributed by atoms with Crippen molar-refractivity contribution >= 4 is 11.7 Å². The van der Waals surface area contributed by atoms with E-state index in [4.69, 9.17) is 5.11 Å². The highest BCUT2D eigenvalue weighted by atomic mass is 16.4. The van der Waals surface area contributed by atoms with Crippen molar-refractivity contribution in [3.8, 4) is 0 Å². The molecular formula is C11H17N3O2. The van der Waals surface area contributed by atoms with Gasteiger partial charge in [0.15, 0.2) is 0 Å². The molecule has 0 spiro atoms. The van der Waals surface area contributed by atoms with Gasteiger partial charge >= 0.3 is 5.97 Å². The summed E-state index contributed by atoms with van der Waals surface area (Å²) in [6.45, 7) is 1.87. The van der Waals surface area contributed by atoms with Crippen molar-refractivity contribution in [1.82, 2.24) is 9.88 Å². The lowest BCUT2D eigenvalue weighted by Gasteiger charge is -2.10. The third-order valence-electron chi connectivity index (χ3n) is 2.09. The monoisotopic (exact) mass is 223 g/mol. The molecule has 1 aromatic rings. The highest BCUT2D eigenvalue weighted by Crippen LogP contribution is 2.05. The van der Waals surface area contributed by atoms with Gasteiger partial charge in [-0.2, -0.15) is 0 Å². The molecule has 0 aliphatic carbocycles. The first-order valence-corrected chi connectivity index (χ1v) is 5.17. The Hall–Kier alpha value is -1.62. The van der Waals surface area contributed by atoms with Gasteiger partial charge in [-0.25, -0.2) is 9.78 Å². The standard InChI is InChI=1S/C11H17N3O2/c1-14(2)7-3-6-12-9-4-5-10(11(15)16)13-8-9/h4-5,8,12H,3,6-7H2,1-2H3,(H,15,16). The van der Waals surface area contributed by atoms with Gasteiger partial charge in [0.2, 0.25) is 0 Å². The number of rotatable bonds is 6. The molecule has 2 N–H and O–H groups in total. The second kappa shape index (κ2) is 6.07. The van der Waals surface area contributed by atoms with E-state index in [0.29, 0.717) is 0 Å². The van der Waals surface area contributed by atoms with Crippen LogP contribution in [-0.4, -0.2) is 48.1 Å². The van der Waals surface area contributed by atoms with E-state index >= 15 is 0 Å². The van der Waals surface area contributed by atoms with E-state index in [2.05, 4.69) is 15.2 Å². The zero-order chi connectivity index (χ0) is 12.0. The van der Waals surface area contributed by atoms with Crippen LogP contribution in [0.15, 0.2) is 18.3 Å². The van der Waals surface area contributed by atoms with Gasteiger partial charge in [-0.05, 0) is 39.2 Å². The maximum atomic E-state index is 10.6. The van der Waals surface area contributed by atoms with Crippen LogP contribution in [0.2, 0.25) is 0 Å². The highest BCUT2D eigenvalue weighted by molar-refractivity contribution is 5.85. The Morgan fingerprint density at radius 1 is 1.50 bits per heavy atom. The zero-order valence-corrected chi connectivity index (χ0v) is 9.60. The third-order valence-corrected chi connectivity index (χ3v) is 2.09. The Labute approximate surface area is 95.1 Å². The summed E-state index contributed by atoms with van der Waals surface area (Å²) in [6.07, 6.45) is 2.58. The Morgan fingerprint density at radius 2 is 2.25 bits per heavy atom. The van der Waals surface area contributed by atoms with Crippen LogP contribution in [0.1, 0.15) is 16.9 Å². The van der Waals surface area contributed by atoms with Crippen LogP contribution >= 0.6 is 0 Å². The SMILES string of the molecule is CN(C)CCCNc1ccc(C(=O)O)nc1. The average molecular weight is 223 g/mol. The van der Waals surface area contributed by atoms with Crippen molar-refractivity contribution < 1.29 is 9.90 Å². The summed E-state index contributed by atoms with van der Waals surface area (Å²) < 4.78 is 0. The normalized spacial score (nSPS) is 10.4. The van der Waals surface area contributed by atoms with Gasteiger partial charge < -0.3 is 15.3 Å². The van der Waals surface area contributed by atoms with E-state index in [1.54, 1.807) is 12.3 Å². The predicted octanol–water partition coefficient (Wildman–Crippen LogP) is 1.14. The van der Waals surface area contributed by atoms with Crippen LogP contribution in [-0.2, 0) is 0 Å². The summed E-state index contributed by atoms with van der Waals surface area (Å²) in [5.41, 5.74) is 0.919. The number of anilines is 1. The molecule has 0 unspecified atom stereocenters. The van der Waals surface area contributed by atoms with Crippen molar-refractivity contribution in [3.63, 3.8) is 0 Å². The predicted molar refractivity (Wildman–Crippen MR) is 62.9 cm³/mol. The van der Waals surface area contributed by atoms with Gasteiger partial charge in [0.05, 0.1) is 11.9 Å². The Bertz CT molecular complexity index is 336. The Balaban J connectivity index is 2.35. The third kappa shape index (κ3) is 4.27. The number of pyridine rings is 1. The van der Waals surface area contributed by atoms with Crippen molar-refractivity contribution in [3.05, 3.63) is 24.0 Å². The number of aromatic carboxylic acids is 1. The van der Waals surface area contributed by atoms with E-state index in [9.17, 15) is 4.79 Å². The van der Waals surface area contributed by atoms with Gasteiger partial charge in [-0.15, -0.1) is 0 Å². The number of aromatic nitrogens is 1. The van der Waals surface area contributed by atoms with Crippen molar-refractivity contribution in [2.45, 2.75) is 6.42 Å². The van der Waals surface area contributed by atoms with Gasteiger partial charge in [-0.3, -0.25) is 0 Å². The maximum Gasteiger partial charge on any atom is 0.354 e. The second-order valence-electron chi connectivity index (χ2n) is 3.82. The van der Waals surface area contributed by atoms with Crippen molar-refractivity contribution in [2.24, 2.45) is 0 Å². The van der Waals surface area contributed by atoms with E-state index in [1.807, 2.05) is 14.1 Å². The Kier molecular flexibility index (Phi) is 4.72. The number of carbonyl (C=O) groups is 1. The quantitative estimate of drug-likeness (QED) is 0.708. The highest BCUT2D eigenvalue weighted by Gasteiger charge is 2.02. The fourth-order valence-corrected chi connectivity index (χ4v) is 1.25. The van der Waals surface area contributed by atoms with E-state index in [-0.39, 0.29) is 5.69 Å². The summed E-state index contributed by atoms with van der Waals surface area (Å²) in [6, 6.07) is 3.22. The second-order valence-corrected chi connectivity index (χ2v) is 3.82. The summed E-state index contributed by atoms with van der Waals surface area (Å²) >= 11 is 0. The number of carboxylic acids is 1. The summed E-state index contributed by atoms with van der Waals surface area (Å²) in [7, 11) is 4.06. The zero-order valence-electron chi connectivity index (χ0n) is 9.60. The molecule has 5 nitrogen and oxygen atoms in total. The number of carboxylic acid groups (broad SMARTS) is 1. The first kappa shape index (κ1) is 12.4. The summed E-state index contributed by atoms with van der Waals surface area (Å²) in [5.74, 6) is -1.00. The van der Waals surface area contributed by atoms with Gasteiger partial charge in [0.25, 0.3) is 0 Å². The first-order valence-electron chi connectivity index (χ1n) is 5.17. The molecular weight excluding hydrogens is 206 g/mol. The molecule has 5 heteroatoms. The lowest BCUT2D eigenvalue weighted by Crippen LogP contribution is -2.16. The molecule has 88 valence electrons. The molecule has 1 aromatic heterocycles. The first-order chi connectivity index (χ1) is 7.59. The van der Waals surface area contributed by atoms with E-state index in [0.717, 1.165) is 25.2 Å². The average Bonchev–Trinajstić information content (AvgIpc) is 2.25. The molecule has 0 aliphatic rings. The minimum Gasteiger partial charge on any atom is -0.477 e. The fourth-order valence-electron chi connectivity index (χ4n) is 1.25. The minimum atomic E-state index is -1.00. The number of nitrogens with zero attached hydrogens (tertiary/aromatic N) is 2. The van der Waals surface area contributed by atoms with Crippen LogP contribution in [0.3, 0.4) is 0 Å². The molecule has 0 radical (unpaired) electrons. The summed E-state index contributed by atoms with van der Waals surface area (Å²) in [5, 5.41) is 11.8. The molecule has 0 amide bonds. The van der Waals surface area contributed by atoms with E-state index < -0.39 is 5.97 Å². The topological polar surface area (TPSA) is 65.5 Å². The molecule has 0 saturated heterocycles. The molecule has 0 aliphatic heterocycles. The lowest BCUT2D eigenvalue weighted by atomic mass is 10.3. The fraction of sp³-hybridized carbons (Fsp3) is 0.455. The molecule has 0 fully saturated rings. The van der Waals surface area contributed by atoms with Crippen molar-refractivity contribution in [2.75, 3.05) is 32.5 Å². The van der Waals surface area contributed by atoms with Gasteiger partial charge in [0.1, 0.15) is 5.69 Å². The minimum absolute atomic E-state index is 0.0684. The van der Waals surface area contributed by atoms with Gasteiger partial charge in [0, 0.05) is 6.54 Å². The van der Waals surface area contributed by atoms with Gasteiger partial charge in [-0.1, -0.05) is 0 Å². The molecule has 1 rings (SSSR count). The molecule has 0 aromatic carbocycles. The molecule has 1 heterocycles. The molecule has 0 saturated carbocycles. The molecule has 16 heavy (non-hydrogen) atoms. The number of hydrogen-bond donors (Lipinski definition) is 2. The van der Waals surface area contributed by atoms with Crippen LogP contribution < -0.4 is 5.32 Å². The van der Waals surface area contributed by atoms with Crippen LogP contribution in [0.5, 0.6) is 0 Å². The summed E-state index contributed by atoms with van der Waals surface area (Å²) in [4.78, 5) is 16.5. The van der Waals surface area contributed by atoms with Crippen LogP contribution in [0, 0.1) is 0 Å². The van der Waals surface area contributed by atoms with Crippen molar-refractivity contribution in [1.29, 1.82) is 0 Å². The number of nitrogens with one attached hydrogen (secondary N) is 1. The molecule has 0 atom stereocenters. The number of hydrogen-bond acceptors (Lipinski definition) is 4. The lowest BCUT2D eigenvalue weighted by molar-refractivity contribution is 0.0690. The smallest absolute Gasteiger partial charge is 0.354 e. The molecule has 0 bridgehead atoms. The Morgan fingerprint density at radius 3 is 2.75 bits per heavy atom. The van der Waals surface area contributed by atoms with Crippen LogP contribution in [0.25, 0.3) is 0 Å². The largest absolute Gasteiger partial charge is 0.477 e.